The molecule has 0 aliphatic rings. The van der Waals surface area contributed by atoms with E-state index in [0.717, 1.165) is 5.69 Å². The minimum Gasteiger partial charge on any atom is -0.497 e. The van der Waals surface area contributed by atoms with Crippen LogP contribution in [-0.2, 0) is 13.6 Å². The van der Waals surface area contributed by atoms with Crippen molar-refractivity contribution in [3.8, 4) is 11.5 Å². The molecule has 0 radical (unpaired) electrons. The summed E-state index contributed by atoms with van der Waals surface area (Å²) in [4.78, 5) is 4.45. The maximum Gasteiger partial charge on any atom is 0.357 e. The van der Waals surface area contributed by atoms with Gasteiger partial charge in [0.2, 0.25) is 0 Å². The van der Waals surface area contributed by atoms with Gasteiger partial charge < -0.3 is 23.8 Å². The van der Waals surface area contributed by atoms with Crippen molar-refractivity contribution >= 4 is 13.4 Å². The molecular formula is C19H27N2O5P. The molecule has 148 valence electrons. The normalized spacial score (nSPS) is 12.5. The molecule has 1 heterocycles. The van der Waals surface area contributed by atoms with E-state index < -0.39 is 13.4 Å². The molecule has 0 aliphatic carbocycles. The molecule has 0 aliphatic heterocycles. The molecule has 1 atom stereocenters. The number of nitrogens with one attached hydrogen (secondary N) is 1. The van der Waals surface area contributed by atoms with Gasteiger partial charge >= 0.3 is 7.60 Å². The Morgan fingerprint density at radius 1 is 1.07 bits per heavy atom. The van der Waals surface area contributed by atoms with Crippen LogP contribution in [0.3, 0.4) is 0 Å². The Bertz CT molecular complexity index is 789. The molecular weight excluding hydrogens is 367 g/mol. The van der Waals surface area contributed by atoms with Gasteiger partial charge in [0, 0.05) is 17.3 Å². The number of ether oxygens (including phenoxy) is 2. The first-order valence-corrected chi connectivity index (χ1v) is 10.4. The van der Waals surface area contributed by atoms with Crippen molar-refractivity contribution in [1.29, 1.82) is 0 Å². The van der Waals surface area contributed by atoms with Crippen molar-refractivity contribution in [2.75, 3.05) is 32.8 Å². The summed E-state index contributed by atoms with van der Waals surface area (Å²) in [6.45, 7) is 5.93. The molecule has 0 saturated heterocycles. The second kappa shape index (κ2) is 9.74. The van der Waals surface area contributed by atoms with Crippen LogP contribution < -0.4 is 14.8 Å². The van der Waals surface area contributed by atoms with E-state index in [0.29, 0.717) is 22.9 Å². The minimum atomic E-state index is -3.57. The topological polar surface area (TPSA) is 78.9 Å². The summed E-state index contributed by atoms with van der Waals surface area (Å²) in [5, 5.41) is 3.21. The zero-order valence-corrected chi connectivity index (χ0v) is 17.3. The van der Waals surface area contributed by atoms with Crippen LogP contribution in [0.4, 0.5) is 5.82 Å². The molecule has 0 amide bonds. The Balaban J connectivity index is 2.56. The summed E-state index contributed by atoms with van der Waals surface area (Å²) in [5.74, 6) is 0.912. The first-order valence-electron chi connectivity index (χ1n) is 8.78. The second-order valence-electron chi connectivity index (χ2n) is 5.69. The Morgan fingerprint density at radius 2 is 1.78 bits per heavy atom. The summed E-state index contributed by atoms with van der Waals surface area (Å²) >= 11 is 0. The fourth-order valence-corrected chi connectivity index (χ4v) is 4.62. The van der Waals surface area contributed by atoms with Crippen LogP contribution in [0.2, 0.25) is 0 Å². The molecule has 0 saturated carbocycles. The fraction of sp³-hybridized carbons (Fsp3) is 0.421. The predicted octanol–water partition coefficient (Wildman–Crippen LogP) is 4.78. The average molecular weight is 394 g/mol. The average Bonchev–Trinajstić information content (AvgIpc) is 2.66. The van der Waals surface area contributed by atoms with E-state index in [1.165, 1.54) is 0 Å². The number of hydrogen-bond acceptors (Lipinski definition) is 7. The van der Waals surface area contributed by atoms with Gasteiger partial charge in [0.1, 0.15) is 17.3 Å². The van der Waals surface area contributed by atoms with E-state index in [1.807, 2.05) is 19.1 Å². The van der Waals surface area contributed by atoms with E-state index in [2.05, 4.69) is 10.3 Å². The molecule has 1 unspecified atom stereocenters. The number of rotatable bonds is 10. The molecule has 2 aromatic rings. The molecule has 1 aromatic heterocycles. The van der Waals surface area contributed by atoms with Gasteiger partial charge in [-0.25, -0.2) is 4.98 Å². The maximum absolute atomic E-state index is 13.6. The first kappa shape index (κ1) is 21.2. The van der Waals surface area contributed by atoms with Gasteiger partial charge in [0.05, 0.1) is 27.4 Å². The molecule has 27 heavy (non-hydrogen) atoms. The van der Waals surface area contributed by atoms with Crippen LogP contribution in [0.25, 0.3) is 0 Å². The third-order valence-corrected chi connectivity index (χ3v) is 6.12. The van der Waals surface area contributed by atoms with E-state index in [1.54, 1.807) is 52.3 Å². The lowest BCUT2D eigenvalue weighted by atomic mass is 10.2. The number of methoxy groups -OCH3 is 2. The van der Waals surface area contributed by atoms with Crippen LogP contribution in [0.5, 0.6) is 11.5 Å². The quantitative estimate of drug-likeness (QED) is 0.581. The Hall–Kier alpha value is -2.08. The van der Waals surface area contributed by atoms with Crippen LogP contribution in [-0.4, -0.2) is 32.4 Å². The van der Waals surface area contributed by atoms with E-state index in [-0.39, 0.29) is 13.2 Å². The summed E-state index contributed by atoms with van der Waals surface area (Å²) in [6.07, 6.45) is 0. The number of aryl methyl sites for hydroxylation is 1. The lowest BCUT2D eigenvalue weighted by molar-refractivity contribution is 0.213. The third-order valence-electron chi connectivity index (χ3n) is 3.84. The minimum absolute atomic E-state index is 0.245. The van der Waals surface area contributed by atoms with Gasteiger partial charge in [-0.1, -0.05) is 6.07 Å². The standard InChI is InChI=1S/C19H27N2O5P/c1-6-25-27(22,26-7-2)19(21-18-10-8-9-14(3)20-18)16-12-11-15(23-4)13-17(16)24-5/h8-13,19H,6-7H2,1-5H3,(H,20,21). The van der Waals surface area contributed by atoms with Crippen molar-refractivity contribution in [3.63, 3.8) is 0 Å². The molecule has 1 aromatic carbocycles. The second-order valence-corrected chi connectivity index (χ2v) is 7.81. The predicted molar refractivity (Wildman–Crippen MR) is 106 cm³/mol. The Labute approximate surface area is 160 Å². The van der Waals surface area contributed by atoms with Crippen molar-refractivity contribution in [2.45, 2.75) is 26.6 Å². The highest BCUT2D eigenvalue weighted by atomic mass is 31.2. The van der Waals surface area contributed by atoms with Gasteiger partial charge in [0.25, 0.3) is 0 Å². The van der Waals surface area contributed by atoms with Crippen LogP contribution in [0, 0.1) is 6.92 Å². The van der Waals surface area contributed by atoms with Crippen LogP contribution >= 0.6 is 7.60 Å². The van der Waals surface area contributed by atoms with E-state index >= 15 is 0 Å². The number of hydrogen-bond donors (Lipinski definition) is 1. The van der Waals surface area contributed by atoms with Crippen molar-refractivity contribution < 1.29 is 23.1 Å². The van der Waals surface area contributed by atoms with Gasteiger partial charge in [-0.15, -0.1) is 0 Å². The maximum atomic E-state index is 13.6. The highest BCUT2D eigenvalue weighted by Crippen LogP contribution is 2.62. The molecule has 1 N–H and O–H groups in total. The first-order chi connectivity index (χ1) is 13.0. The number of benzene rings is 1. The smallest absolute Gasteiger partial charge is 0.357 e. The Morgan fingerprint density at radius 3 is 2.33 bits per heavy atom. The fourth-order valence-electron chi connectivity index (χ4n) is 2.68. The largest absolute Gasteiger partial charge is 0.497 e. The van der Waals surface area contributed by atoms with Crippen molar-refractivity contribution in [1.82, 2.24) is 4.98 Å². The zero-order chi connectivity index (χ0) is 19.9. The molecule has 2 rings (SSSR count). The summed E-state index contributed by atoms with van der Waals surface area (Å²) < 4.78 is 35.6. The Kier molecular flexibility index (Phi) is 7.66. The number of nitrogens with zero attached hydrogens (tertiary/aromatic N) is 1. The number of aromatic nitrogens is 1. The zero-order valence-electron chi connectivity index (χ0n) is 16.4. The SMILES string of the molecule is CCOP(=O)(OCC)C(Nc1cccc(C)n1)c1ccc(OC)cc1OC. The lowest BCUT2D eigenvalue weighted by Crippen LogP contribution is -2.17. The molecule has 0 fully saturated rings. The molecule has 0 spiro atoms. The van der Waals surface area contributed by atoms with Gasteiger partial charge in [-0.05, 0) is 45.0 Å². The van der Waals surface area contributed by atoms with Gasteiger partial charge in [-0.2, -0.15) is 0 Å². The third kappa shape index (κ3) is 5.22. The highest BCUT2D eigenvalue weighted by molar-refractivity contribution is 7.54. The van der Waals surface area contributed by atoms with Crippen molar-refractivity contribution in [3.05, 3.63) is 47.7 Å². The van der Waals surface area contributed by atoms with E-state index in [4.69, 9.17) is 18.5 Å². The highest BCUT2D eigenvalue weighted by Gasteiger charge is 2.39. The number of pyridine rings is 1. The summed E-state index contributed by atoms with van der Waals surface area (Å²) in [5.41, 5.74) is 1.47. The lowest BCUT2D eigenvalue weighted by Gasteiger charge is -2.29. The van der Waals surface area contributed by atoms with Gasteiger partial charge in [-0.3, -0.25) is 4.57 Å². The monoisotopic (exact) mass is 394 g/mol. The van der Waals surface area contributed by atoms with Crippen LogP contribution in [0.15, 0.2) is 36.4 Å². The van der Waals surface area contributed by atoms with Crippen LogP contribution in [0.1, 0.15) is 30.9 Å². The number of anilines is 1. The molecule has 7 nitrogen and oxygen atoms in total. The summed E-state index contributed by atoms with van der Waals surface area (Å²) in [6, 6.07) is 10.9. The summed E-state index contributed by atoms with van der Waals surface area (Å²) in [7, 11) is -0.444. The molecule has 0 bridgehead atoms. The van der Waals surface area contributed by atoms with Gasteiger partial charge in [0.15, 0.2) is 5.78 Å². The molecule has 8 heteroatoms. The van der Waals surface area contributed by atoms with Crippen molar-refractivity contribution in [2.24, 2.45) is 0 Å². The van der Waals surface area contributed by atoms with E-state index in [9.17, 15) is 4.57 Å².